The zero-order valence-electron chi connectivity index (χ0n) is 10.8. The van der Waals surface area contributed by atoms with Gasteiger partial charge in [0.1, 0.15) is 15.9 Å². The van der Waals surface area contributed by atoms with Crippen molar-refractivity contribution in [2.24, 2.45) is 0 Å². The number of methoxy groups -OCH3 is 1. The first kappa shape index (κ1) is 12.9. The van der Waals surface area contributed by atoms with Gasteiger partial charge < -0.3 is 4.74 Å². The third-order valence-corrected chi connectivity index (χ3v) is 3.52. The summed E-state index contributed by atoms with van der Waals surface area (Å²) in [6, 6.07) is 15.7. The second-order valence-corrected chi connectivity index (χ2v) is 5.04. The van der Waals surface area contributed by atoms with Gasteiger partial charge in [0, 0.05) is 0 Å². The number of hydrogen-bond donors (Lipinski definition) is 0. The van der Waals surface area contributed by atoms with E-state index in [1.807, 2.05) is 54.6 Å². The molecule has 0 N–H and O–H groups in total. The molecule has 1 aromatic heterocycles. The maximum Gasteiger partial charge on any atom is 0.118 e. The maximum atomic E-state index is 5.14. The fourth-order valence-electron chi connectivity index (χ4n) is 1.93. The number of benzene rings is 2. The van der Waals surface area contributed by atoms with E-state index in [0.29, 0.717) is 0 Å². The van der Waals surface area contributed by atoms with Crippen molar-refractivity contribution in [2.75, 3.05) is 7.11 Å². The molecule has 0 radical (unpaired) electrons. The van der Waals surface area contributed by atoms with E-state index in [0.717, 1.165) is 27.0 Å². The fourth-order valence-corrected chi connectivity index (χ4v) is 2.45. The van der Waals surface area contributed by atoms with Gasteiger partial charge in [0.15, 0.2) is 0 Å². The van der Waals surface area contributed by atoms with E-state index in [2.05, 4.69) is 26.2 Å². The SMILES string of the molecule is COc1ccc(/C=C(\Br)n2nnc3ccccc32)cc1. The zero-order valence-corrected chi connectivity index (χ0v) is 12.4. The minimum Gasteiger partial charge on any atom is -0.497 e. The summed E-state index contributed by atoms with van der Waals surface area (Å²) >= 11 is 3.55. The molecule has 0 amide bonds. The molecule has 0 bridgehead atoms. The van der Waals surface area contributed by atoms with Crippen LogP contribution in [0.2, 0.25) is 0 Å². The van der Waals surface area contributed by atoms with Crippen LogP contribution in [0.4, 0.5) is 0 Å². The van der Waals surface area contributed by atoms with Crippen LogP contribution in [-0.4, -0.2) is 22.1 Å². The molecule has 2 aromatic carbocycles. The molecule has 0 unspecified atom stereocenters. The molecule has 0 saturated carbocycles. The van der Waals surface area contributed by atoms with Crippen LogP contribution in [0.1, 0.15) is 5.56 Å². The third-order valence-electron chi connectivity index (χ3n) is 2.96. The Balaban J connectivity index is 1.98. The van der Waals surface area contributed by atoms with Gasteiger partial charge in [-0.1, -0.05) is 29.5 Å². The van der Waals surface area contributed by atoms with Gasteiger partial charge in [-0.3, -0.25) is 0 Å². The lowest BCUT2D eigenvalue weighted by Gasteiger charge is -2.02. The van der Waals surface area contributed by atoms with E-state index < -0.39 is 0 Å². The van der Waals surface area contributed by atoms with Crippen LogP contribution in [0.5, 0.6) is 5.75 Å². The number of rotatable bonds is 3. The lowest BCUT2D eigenvalue weighted by Crippen LogP contribution is -1.93. The van der Waals surface area contributed by atoms with Gasteiger partial charge in [-0.2, -0.15) is 0 Å². The second-order valence-electron chi connectivity index (χ2n) is 4.23. The van der Waals surface area contributed by atoms with Crippen LogP contribution in [-0.2, 0) is 0 Å². The molecule has 0 aliphatic carbocycles. The van der Waals surface area contributed by atoms with Crippen molar-refractivity contribution < 1.29 is 4.74 Å². The molecule has 100 valence electrons. The lowest BCUT2D eigenvalue weighted by molar-refractivity contribution is 0.415. The van der Waals surface area contributed by atoms with Crippen LogP contribution < -0.4 is 4.74 Å². The van der Waals surface area contributed by atoms with Crippen molar-refractivity contribution in [3.8, 4) is 5.75 Å². The molecule has 0 aliphatic heterocycles. The predicted molar refractivity (Wildman–Crippen MR) is 83.6 cm³/mol. The molecular weight excluding hydrogens is 318 g/mol. The summed E-state index contributed by atoms with van der Waals surface area (Å²) < 4.78 is 7.74. The predicted octanol–water partition coefficient (Wildman–Crippen LogP) is 3.79. The fraction of sp³-hybridized carbons (Fsp3) is 0.0667. The molecule has 0 fully saturated rings. The van der Waals surface area contributed by atoms with Crippen molar-refractivity contribution in [3.63, 3.8) is 0 Å². The van der Waals surface area contributed by atoms with Crippen molar-refractivity contribution in [3.05, 3.63) is 54.1 Å². The van der Waals surface area contributed by atoms with Gasteiger partial charge in [-0.05, 0) is 51.8 Å². The first-order valence-corrected chi connectivity index (χ1v) is 6.89. The number of ether oxygens (including phenoxy) is 1. The molecule has 3 aromatic rings. The van der Waals surface area contributed by atoms with Crippen molar-refractivity contribution in [1.29, 1.82) is 0 Å². The zero-order chi connectivity index (χ0) is 13.9. The highest BCUT2D eigenvalue weighted by molar-refractivity contribution is 9.15. The van der Waals surface area contributed by atoms with E-state index in [1.54, 1.807) is 11.8 Å². The highest BCUT2D eigenvalue weighted by Crippen LogP contribution is 2.22. The number of nitrogens with zero attached hydrogens (tertiary/aromatic N) is 3. The Morgan fingerprint density at radius 3 is 2.65 bits per heavy atom. The molecule has 0 aliphatic rings. The molecule has 0 saturated heterocycles. The summed E-state index contributed by atoms with van der Waals surface area (Å²) in [5, 5.41) is 8.28. The number of fused-ring (bicyclic) bond motifs is 1. The van der Waals surface area contributed by atoms with E-state index in [-0.39, 0.29) is 0 Å². The van der Waals surface area contributed by atoms with Crippen LogP contribution in [0, 0.1) is 0 Å². The minimum absolute atomic E-state index is 0.830. The second kappa shape index (κ2) is 5.46. The highest BCUT2D eigenvalue weighted by Gasteiger charge is 2.05. The first-order valence-electron chi connectivity index (χ1n) is 6.10. The summed E-state index contributed by atoms with van der Waals surface area (Å²) in [6.45, 7) is 0. The summed E-state index contributed by atoms with van der Waals surface area (Å²) in [5.41, 5.74) is 2.88. The number of halogens is 1. The standard InChI is InChI=1S/C15H12BrN3O/c1-20-12-8-6-11(7-9-12)10-15(16)19-14-5-3-2-4-13(14)17-18-19/h2-10H,1H3/b15-10+. The summed E-state index contributed by atoms with van der Waals surface area (Å²) in [6.07, 6.45) is 1.99. The summed E-state index contributed by atoms with van der Waals surface area (Å²) in [4.78, 5) is 0. The first-order chi connectivity index (χ1) is 9.78. The van der Waals surface area contributed by atoms with Gasteiger partial charge in [0.05, 0.1) is 12.6 Å². The van der Waals surface area contributed by atoms with E-state index in [9.17, 15) is 0 Å². The summed E-state index contributed by atoms with van der Waals surface area (Å²) in [7, 11) is 1.66. The molecular formula is C15H12BrN3O. The Morgan fingerprint density at radius 2 is 1.90 bits per heavy atom. The van der Waals surface area contributed by atoms with Crippen molar-refractivity contribution in [2.45, 2.75) is 0 Å². The molecule has 0 atom stereocenters. The number of hydrogen-bond acceptors (Lipinski definition) is 3. The quantitative estimate of drug-likeness (QED) is 0.733. The van der Waals surface area contributed by atoms with Gasteiger partial charge in [0.25, 0.3) is 0 Å². The van der Waals surface area contributed by atoms with Crippen molar-refractivity contribution >= 4 is 37.6 Å². The summed E-state index contributed by atoms with van der Waals surface area (Å²) in [5.74, 6) is 0.837. The lowest BCUT2D eigenvalue weighted by atomic mass is 10.2. The minimum atomic E-state index is 0.830. The Bertz CT molecular complexity index is 762. The van der Waals surface area contributed by atoms with E-state index >= 15 is 0 Å². The maximum absolute atomic E-state index is 5.14. The van der Waals surface area contributed by atoms with Gasteiger partial charge >= 0.3 is 0 Å². The average molecular weight is 330 g/mol. The smallest absolute Gasteiger partial charge is 0.118 e. The Morgan fingerprint density at radius 1 is 1.15 bits per heavy atom. The molecule has 4 nitrogen and oxygen atoms in total. The van der Waals surface area contributed by atoms with Crippen LogP contribution in [0.3, 0.4) is 0 Å². The molecule has 1 heterocycles. The number of para-hydroxylation sites is 1. The van der Waals surface area contributed by atoms with Gasteiger partial charge in [-0.25, -0.2) is 4.68 Å². The van der Waals surface area contributed by atoms with Crippen molar-refractivity contribution in [1.82, 2.24) is 15.0 Å². The van der Waals surface area contributed by atoms with E-state index in [4.69, 9.17) is 4.74 Å². The normalized spacial score (nSPS) is 11.8. The Kier molecular flexibility index (Phi) is 3.52. The molecule has 5 heteroatoms. The monoisotopic (exact) mass is 329 g/mol. The largest absolute Gasteiger partial charge is 0.497 e. The molecule has 20 heavy (non-hydrogen) atoms. The average Bonchev–Trinajstić information content (AvgIpc) is 2.92. The highest BCUT2D eigenvalue weighted by atomic mass is 79.9. The van der Waals surface area contributed by atoms with Gasteiger partial charge in [-0.15, -0.1) is 5.10 Å². The number of aromatic nitrogens is 3. The molecule has 3 rings (SSSR count). The van der Waals surface area contributed by atoms with Crippen LogP contribution in [0.15, 0.2) is 48.5 Å². The Labute approximate surface area is 124 Å². The third kappa shape index (κ3) is 2.44. The van der Waals surface area contributed by atoms with E-state index in [1.165, 1.54) is 0 Å². The topological polar surface area (TPSA) is 39.9 Å². The van der Waals surface area contributed by atoms with Gasteiger partial charge in [0.2, 0.25) is 0 Å². The molecule has 0 spiro atoms. The van der Waals surface area contributed by atoms with Crippen LogP contribution in [0.25, 0.3) is 21.7 Å². The Hall–Kier alpha value is -2.14. The van der Waals surface area contributed by atoms with Crippen LogP contribution >= 0.6 is 15.9 Å².